The van der Waals surface area contributed by atoms with Crippen molar-refractivity contribution < 1.29 is 28.9 Å². The largest absolute Gasteiger partial charge is 0.491 e. The van der Waals surface area contributed by atoms with Crippen molar-refractivity contribution in [1.29, 1.82) is 0 Å². The minimum atomic E-state index is -0.973. The van der Waals surface area contributed by atoms with Gasteiger partial charge in [-0.25, -0.2) is 14.6 Å². The van der Waals surface area contributed by atoms with Crippen molar-refractivity contribution in [2.24, 2.45) is 0 Å². The first-order chi connectivity index (χ1) is 13.5. The zero-order valence-corrected chi connectivity index (χ0v) is 16.5. The summed E-state index contributed by atoms with van der Waals surface area (Å²) in [5.41, 5.74) is 1.12. The van der Waals surface area contributed by atoms with Gasteiger partial charge in [0.2, 0.25) is 0 Å². The summed E-state index contributed by atoms with van der Waals surface area (Å²) in [5.74, 6) is 0.00661. The molecule has 0 spiro atoms. The fourth-order valence-electron chi connectivity index (χ4n) is 2.83. The van der Waals surface area contributed by atoms with Gasteiger partial charge in [0.25, 0.3) is 0 Å². The number of thiazole rings is 1. The first-order valence-electron chi connectivity index (χ1n) is 8.91. The van der Waals surface area contributed by atoms with Gasteiger partial charge in [-0.3, -0.25) is 0 Å². The highest BCUT2D eigenvalue weighted by Gasteiger charge is 2.24. The van der Waals surface area contributed by atoms with Crippen LogP contribution in [0, 0.1) is 0 Å². The topological polar surface area (TPSA) is 98.2 Å². The number of nitrogens with zero attached hydrogens (tertiary/aromatic N) is 2. The number of carbonyl (C=O) groups is 2. The predicted octanol–water partition coefficient (Wildman–Crippen LogP) is 2.92. The molecule has 1 fully saturated rings. The van der Waals surface area contributed by atoms with Crippen molar-refractivity contribution >= 4 is 23.4 Å². The van der Waals surface area contributed by atoms with Crippen molar-refractivity contribution in [1.82, 2.24) is 9.88 Å². The van der Waals surface area contributed by atoms with E-state index in [4.69, 9.17) is 19.3 Å². The molecule has 0 aliphatic carbocycles. The number of methoxy groups -OCH3 is 1. The molecule has 1 amide bonds. The molecule has 28 heavy (non-hydrogen) atoms. The second-order valence-electron chi connectivity index (χ2n) is 6.26. The van der Waals surface area contributed by atoms with E-state index in [1.807, 2.05) is 12.3 Å². The molecule has 150 valence electrons. The van der Waals surface area contributed by atoms with Crippen molar-refractivity contribution in [3.63, 3.8) is 0 Å². The third-order valence-electron chi connectivity index (χ3n) is 4.32. The number of ether oxygens (including phenoxy) is 3. The van der Waals surface area contributed by atoms with Crippen molar-refractivity contribution in [3.05, 3.63) is 34.8 Å². The number of amides is 1. The van der Waals surface area contributed by atoms with Gasteiger partial charge in [0, 0.05) is 23.2 Å². The Hall–Kier alpha value is -2.65. The quantitative estimate of drug-likeness (QED) is 0.737. The number of benzene rings is 1. The van der Waals surface area contributed by atoms with Gasteiger partial charge in [0.05, 0.1) is 25.8 Å². The summed E-state index contributed by atoms with van der Waals surface area (Å²) in [6, 6.07) is 5.13. The maximum absolute atomic E-state index is 12.0. The highest BCUT2D eigenvalue weighted by Crippen LogP contribution is 2.30. The van der Waals surface area contributed by atoms with Gasteiger partial charge in [0.15, 0.2) is 0 Å². The molecular weight excluding hydrogens is 384 g/mol. The molecule has 1 atom stereocenters. The number of aromatic nitrogens is 1. The fourth-order valence-corrected chi connectivity index (χ4v) is 3.67. The van der Waals surface area contributed by atoms with Gasteiger partial charge in [-0.05, 0) is 24.6 Å². The number of carbonyl (C=O) groups excluding carboxylic acids is 1. The molecular formula is C19H22N2O6S. The average molecular weight is 406 g/mol. The lowest BCUT2D eigenvalue weighted by Crippen LogP contribution is -2.47. The Bertz CT molecular complexity index is 853. The number of rotatable bonds is 6. The predicted molar refractivity (Wildman–Crippen MR) is 103 cm³/mol. The Kier molecular flexibility index (Phi) is 6.48. The Morgan fingerprint density at radius 2 is 2.21 bits per heavy atom. The van der Waals surface area contributed by atoms with Gasteiger partial charge in [0.1, 0.15) is 23.5 Å². The Morgan fingerprint density at radius 1 is 1.39 bits per heavy atom. The van der Waals surface area contributed by atoms with Gasteiger partial charge in [-0.15, -0.1) is 11.3 Å². The molecule has 0 radical (unpaired) electrons. The number of aryl methyl sites for hydroxylation is 1. The van der Waals surface area contributed by atoms with Crippen LogP contribution in [0.1, 0.15) is 22.2 Å². The van der Waals surface area contributed by atoms with E-state index in [2.05, 4.69) is 11.9 Å². The van der Waals surface area contributed by atoms with E-state index in [0.29, 0.717) is 24.5 Å². The average Bonchev–Trinajstić information content (AvgIpc) is 3.21. The lowest BCUT2D eigenvalue weighted by molar-refractivity contribution is -0.0412. The molecule has 3 rings (SSSR count). The Labute approximate surface area is 166 Å². The minimum absolute atomic E-state index is 0.173. The van der Waals surface area contributed by atoms with Gasteiger partial charge >= 0.3 is 12.1 Å². The summed E-state index contributed by atoms with van der Waals surface area (Å²) >= 11 is 1.56. The number of esters is 1. The Balaban J connectivity index is 1.78. The van der Waals surface area contributed by atoms with Crippen LogP contribution in [-0.2, 0) is 15.9 Å². The van der Waals surface area contributed by atoms with E-state index < -0.39 is 12.1 Å². The second-order valence-corrected chi connectivity index (χ2v) is 7.37. The van der Waals surface area contributed by atoms with Crippen LogP contribution in [0.15, 0.2) is 24.4 Å². The van der Waals surface area contributed by atoms with E-state index in [0.717, 1.165) is 21.9 Å². The van der Waals surface area contributed by atoms with E-state index >= 15 is 0 Å². The molecule has 1 aromatic carbocycles. The van der Waals surface area contributed by atoms with E-state index in [1.54, 1.807) is 23.5 Å². The van der Waals surface area contributed by atoms with E-state index in [1.165, 1.54) is 12.0 Å². The summed E-state index contributed by atoms with van der Waals surface area (Å²) < 4.78 is 16.2. The summed E-state index contributed by atoms with van der Waals surface area (Å²) in [4.78, 5) is 30.0. The highest BCUT2D eigenvalue weighted by molar-refractivity contribution is 7.15. The van der Waals surface area contributed by atoms with E-state index in [9.17, 15) is 9.59 Å². The molecule has 1 aromatic heterocycles. The lowest BCUT2D eigenvalue weighted by atomic mass is 10.1. The maximum Gasteiger partial charge on any atom is 0.407 e. The normalized spacial score (nSPS) is 16.6. The third kappa shape index (κ3) is 4.79. The summed E-state index contributed by atoms with van der Waals surface area (Å²) in [5, 5.41) is 9.91. The molecule has 1 N–H and O–H groups in total. The molecule has 1 aliphatic rings. The van der Waals surface area contributed by atoms with Crippen LogP contribution in [0.3, 0.4) is 0 Å². The maximum atomic E-state index is 12.0. The number of hydrogen-bond acceptors (Lipinski definition) is 7. The van der Waals surface area contributed by atoms with Crippen LogP contribution < -0.4 is 4.74 Å². The molecule has 2 heterocycles. The standard InChI is InChI=1S/C19H22N2O6S/c1-3-16-9-20-17(28-16)12-6-13(18(22)25-2)8-14(7-12)27-11-15-10-21(19(23)24)4-5-26-15/h6-9,15H,3-5,10-11H2,1-2H3,(H,23,24)/t15-/m0/s1. The monoisotopic (exact) mass is 406 g/mol. The van der Waals surface area contributed by atoms with Crippen LogP contribution in [0.25, 0.3) is 10.6 Å². The van der Waals surface area contributed by atoms with Crippen LogP contribution in [-0.4, -0.2) is 66.6 Å². The first kappa shape index (κ1) is 20.1. The van der Waals surface area contributed by atoms with Gasteiger partial charge < -0.3 is 24.2 Å². The molecule has 1 aliphatic heterocycles. The van der Waals surface area contributed by atoms with Gasteiger partial charge in [-0.1, -0.05) is 6.92 Å². The zero-order valence-electron chi connectivity index (χ0n) is 15.7. The van der Waals surface area contributed by atoms with Crippen molar-refractivity contribution in [2.75, 3.05) is 33.4 Å². The van der Waals surface area contributed by atoms with Crippen LogP contribution >= 0.6 is 11.3 Å². The molecule has 2 aromatic rings. The number of hydrogen-bond donors (Lipinski definition) is 1. The Morgan fingerprint density at radius 3 is 2.89 bits per heavy atom. The van der Waals surface area contributed by atoms with Crippen molar-refractivity contribution in [2.45, 2.75) is 19.4 Å². The van der Waals surface area contributed by atoms with Gasteiger partial charge in [-0.2, -0.15) is 0 Å². The molecule has 8 nitrogen and oxygen atoms in total. The molecule has 1 saturated heterocycles. The molecule has 9 heteroatoms. The SMILES string of the molecule is CCc1cnc(-c2cc(OC[C@@H]3CN(C(=O)O)CCO3)cc(C(=O)OC)c2)s1. The fraction of sp³-hybridized carbons (Fsp3) is 0.421. The smallest absolute Gasteiger partial charge is 0.407 e. The van der Waals surface area contributed by atoms with E-state index in [-0.39, 0.29) is 19.3 Å². The molecule has 0 unspecified atom stereocenters. The molecule has 0 saturated carbocycles. The van der Waals surface area contributed by atoms with Crippen LogP contribution in [0.4, 0.5) is 4.79 Å². The zero-order chi connectivity index (χ0) is 20.1. The summed E-state index contributed by atoms with van der Waals surface area (Å²) in [6.07, 6.45) is 1.36. The second kappa shape index (κ2) is 9.03. The highest BCUT2D eigenvalue weighted by atomic mass is 32.1. The van der Waals surface area contributed by atoms with Crippen molar-refractivity contribution in [3.8, 4) is 16.3 Å². The summed E-state index contributed by atoms with van der Waals surface area (Å²) in [6.45, 7) is 3.14. The third-order valence-corrected chi connectivity index (χ3v) is 5.51. The lowest BCUT2D eigenvalue weighted by Gasteiger charge is -2.30. The van der Waals surface area contributed by atoms with Crippen LogP contribution in [0.5, 0.6) is 5.75 Å². The summed E-state index contributed by atoms with van der Waals surface area (Å²) in [7, 11) is 1.32. The number of carboxylic acid groups (broad SMARTS) is 1. The minimum Gasteiger partial charge on any atom is -0.491 e. The van der Waals surface area contributed by atoms with Crippen LogP contribution in [0.2, 0.25) is 0 Å². The number of morpholine rings is 1. The molecule has 0 bridgehead atoms. The first-order valence-corrected chi connectivity index (χ1v) is 9.72.